The predicted octanol–water partition coefficient (Wildman–Crippen LogP) is 3.21. The van der Waals surface area contributed by atoms with E-state index in [0.29, 0.717) is 11.8 Å². The molecule has 20 heavy (non-hydrogen) atoms. The Balaban J connectivity index is 1.82. The summed E-state index contributed by atoms with van der Waals surface area (Å²) in [6.45, 7) is 4.14. The molecular weight excluding hydrogens is 250 g/mol. The first-order valence-electron chi connectivity index (χ1n) is 8.64. The van der Waals surface area contributed by atoms with Gasteiger partial charge in [0.05, 0.1) is 0 Å². The van der Waals surface area contributed by atoms with E-state index in [1.165, 1.54) is 32.1 Å². The number of piperidine rings is 1. The third-order valence-corrected chi connectivity index (χ3v) is 5.37. The molecule has 0 aromatic carbocycles. The van der Waals surface area contributed by atoms with Gasteiger partial charge in [0.1, 0.15) is 0 Å². The number of aliphatic hydroxyl groups excluding tert-OH is 1. The molecule has 0 radical (unpaired) electrons. The Bertz CT molecular complexity index is 291. The largest absolute Gasteiger partial charge is 0.396 e. The molecule has 1 N–H and O–H groups in total. The average Bonchev–Trinajstić information content (AvgIpc) is 2.53. The van der Waals surface area contributed by atoms with Crippen LogP contribution in [0.5, 0.6) is 0 Å². The number of hydrogen-bond acceptors (Lipinski definition) is 2. The fourth-order valence-corrected chi connectivity index (χ4v) is 3.86. The van der Waals surface area contributed by atoms with Crippen LogP contribution >= 0.6 is 0 Å². The summed E-state index contributed by atoms with van der Waals surface area (Å²) in [5, 5.41) is 9.18. The van der Waals surface area contributed by atoms with Gasteiger partial charge in [-0.1, -0.05) is 39.0 Å². The molecule has 0 aromatic heterocycles. The summed E-state index contributed by atoms with van der Waals surface area (Å²) < 4.78 is 0. The van der Waals surface area contributed by atoms with E-state index in [0.717, 1.165) is 44.7 Å². The molecule has 3 nitrogen and oxygen atoms in total. The lowest BCUT2D eigenvalue weighted by atomic mass is 9.81. The molecule has 1 atom stereocenters. The molecule has 2 fully saturated rings. The Morgan fingerprint density at radius 2 is 1.75 bits per heavy atom. The van der Waals surface area contributed by atoms with Gasteiger partial charge in [-0.15, -0.1) is 0 Å². The average molecular weight is 281 g/mol. The Morgan fingerprint density at radius 3 is 2.30 bits per heavy atom. The van der Waals surface area contributed by atoms with Gasteiger partial charge in [-0.2, -0.15) is 0 Å². The second-order valence-electron chi connectivity index (χ2n) is 6.80. The molecule has 1 saturated heterocycles. The Labute approximate surface area is 123 Å². The number of aliphatic hydroxyl groups is 1. The van der Waals surface area contributed by atoms with Crippen molar-refractivity contribution in [3.8, 4) is 0 Å². The van der Waals surface area contributed by atoms with Crippen LogP contribution in [-0.2, 0) is 4.79 Å². The van der Waals surface area contributed by atoms with Crippen molar-refractivity contribution in [3.05, 3.63) is 0 Å². The molecule has 1 unspecified atom stereocenters. The van der Waals surface area contributed by atoms with Crippen LogP contribution in [0.3, 0.4) is 0 Å². The third kappa shape index (κ3) is 4.21. The van der Waals surface area contributed by atoms with Crippen molar-refractivity contribution in [2.24, 2.45) is 17.8 Å². The highest BCUT2D eigenvalue weighted by atomic mass is 16.3. The summed E-state index contributed by atoms with van der Waals surface area (Å²) in [5.41, 5.74) is 0. The van der Waals surface area contributed by atoms with Crippen molar-refractivity contribution in [2.75, 3.05) is 19.7 Å². The lowest BCUT2D eigenvalue weighted by Crippen LogP contribution is -2.42. The van der Waals surface area contributed by atoms with Crippen molar-refractivity contribution in [2.45, 2.75) is 64.7 Å². The van der Waals surface area contributed by atoms with Crippen molar-refractivity contribution in [3.63, 3.8) is 0 Å². The molecule has 1 aliphatic carbocycles. The minimum atomic E-state index is 0.240. The van der Waals surface area contributed by atoms with E-state index in [-0.39, 0.29) is 12.5 Å². The first-order chi connectivity index (χ1) is 9.74. The summed E-state index contributed by atoms with van der Waals surface area (Å²) in [4.78, 5) is 14.7. The van der Waals surface area contributed by atoms with Gasteiger partial charge in [0.15, 0.2) is 0 Å². The molecule has 0 bridgehead atoms. The van der Waals surface area contributed by atoms with Crippen LogP contribution in [0.25, 0.3) is 0 Å². The normalized spacial score (nSPS) is 23.8. The number of hydrogen-bond donors (Lipinski definition) is 1. The molecule has 3 heteroatoms. The smallest absolute Gasteiger partial charge is 0.225 e. The van der Waals surface area contributed by atoms with E-state index in [1.54, 1.807) is 0 Å². The first kappa shape index (κ1) is 15.8. The SMILES string of the molecule is CCC(CC1CCCCC1)C(=O)N1CCC(CO)CC1. The predicted molar refractivity (Wildman–Crippen MR) is 81.4 cm³/mol. The quantitative estimate of drug-likeness (QED) is 0.840. The highest BCUT2D eigenvalue weighted by molar-refractivity contribution is 5.78. The molecule has 1 aliphatic heterocycles. The van der Waals surface area contributed by atoms with E-state index < -0.39 is 0 Å². The van der Waals surface area contributed by atoms with Gasteiger partial charge in [-0.05, 0) is 37.5 Å². The van der Waals surface area contributed by atoms with Gasteiger partial charge >= 0.3 is 0 Å². The maximum atomic E-state index is 12.7. The van der Waals surface area contributed by atoms with Crippen LogP contribution in [0, 0.1) is 17.8 Å². The molecule has 2 aliphatic rings. The van der Waals surface area contributed by atoms with Gasteiger partial charge in [-0.3, -0.25) is 4.79 Å². The fraction of sp³-hybridized carbons (Fsp3) is 0.941. The second kappa shape index (κ2) is 8.02. The summed E-state index contributed by atoms with van der Waals surface area (Å²) >= 11 is 0. The van der Waals surface area contributed by atoms with Crippen LogP contribution < -0.4 is 0 Å². The summed E-state index contributed by atoms with van der Waals surface area (Å²) in [6.07, 6.45) is 10.8. The molecule has 1 amide bonds. The van der Waals surface area contributed by atoms with Crippen molar-refractivity contribution in [1.29, 1.82) is 0 Å². The standard InChI is InChI=1S/C17H31NO2/c1-2-16(12-14-6-4-3-5-7-14)17(20)18-10-8-15(13-19)9-11-18/h14-16,19H,2-13H2,1H3. The molecule has 1 heterocycles. The Hall–Kier alpha value is -0.570. The number of rotatable bonds is 5. The van der Waals surface area contributed by atoms with E-state index >= 15 is 0 Å². The molecule has 2 rings (SSSR count). The van der Waals surface area contributed by atoms with Crippen molar-refractivity contribution in [1.82, 2.24) is 4.90 Å². The Kier molecular flexibility index (Phi) is 6.34. The van der Waals surface area contributed by atoms with Crippen LogP contribution in [0.4, 0.5) is 0 Å². The van der Waals surface area contributed by atoms with Crippen molar-refractivity contribution < 1.29 is 9.90 Å². The minimum absolute atomic E-state index is 0.240. The van der Waals surface area contributed by atoms with Gasteiger partial charge in [0.25, 0.3) is 0 Å². The summed E-state index contributed by atoms with van der Waals surface area (Å²) in [7, 11) is 0. The van der Waals surface area contributed by atoms with Gasteiger partial charge < -0.3 is 10.0 Å². The number of nitrogens with zero attached hydrogens (tertiary/aromatic N) is 1. The van der Waals surface area contributed by atoms with E-state index in [9.17, 15) is 9.90 Å². The zero-order valence-electron chi connectivity index (χ0n) is 13.0. The monoisotopic (exact) mass is 281 g/mol. The number of carbonyl (C=O) groups excluding carboxylic acids is 1. The topological polar surface area (TPSA) is 40.5 Å². The Morgan fingerprint density at radius 1 is 1.10 bits per heavy atom. The molecule has 0 spiro atoms. The molecular formula is C17H31NO2. The molecule has 1 saturated carbocycles. The minimum Gasteiger partial charge on any atom is -0.396 e. The molecule has 0 aromatic rings. The summed E-state index contributed by atoms with van der Waals surface area (Å²) in [5.74, 6) is 1.82. The zero-order chi connectivity index (χ0) is 14.4. The zero-order valence-corrected chi connectivity index (χ0v) is 13.0. The molecule has 116 valence electrons. The van der Waals surface area contributed by atoms with Crippen LogP contribution in [0.2, 0.25) is 0 Å². The van der Waals surface area contributed by atoms with Crippen LogP contribution in [-0.4, -0.2) is 35.6 Å². The highest BCUT2D eigenvalue weighted by Crippen LogP contribution is 2.31. The highest BCUT2D eigenvalue weighted by Gasteiger charge is 2.29. The maximum Gasteiger partial charge on any atom is 0.225 e. The number of amides is 1. The van der Waals surface area contributed by atoms with Gasteiger partial charge in [0, 0.05) is 25.6 Å². The number of likely N-dealkylation sites (tertiary alicyclic amines) is 1. The maximum absolute atomic E-state index is 12.7. The van der Waals surface area contributed by atoms with Crippen LogP contribution in [0.15, 0.2) is 0 Å². The third-order valence-electron chi connectivity index (χ3n) is 5.37. The van der Waals surface area contributed by atoms with E-state index in [1.807, 2.05) is 0 Å². The summed E-state index contributed by atoms with van der Waals surface area (Å²) in [6, 6.07) is 0. The van der Waals surface area contributed by atoms with Gasteiger partial charge in [-0.25, -0.2) is 0 Å². The lowest BCUT2D eigenvalue weighted by molar-refractivity contribution is -0.138. The van der Waals surface area contributed by atoms with E-state index in [4.69, 9.17) is 0 Å². The number of carbonyl (C=O) groups is 1. The van der Waals surface area contributed by atoms with Crippen molar-refractivity contribution >= 4 is 5.91 Å². The van der Waals surface area contributed by atoms with Crippen LogP contribution in [0.1, 0.15) is 64.7 Å². The second-order valence-corrected chi connectivity index (χ2v) is 6.80. The fourth-order valence-electron chi connectivity index (χ4n) is 3.86. The first-order valence-corrected chi connectivity index (χ1v) is 8.64. The van der Waals surface area contributed by atoms with Gasteiger partial charge in [0.2, 0.25) is 5.91 Å². The lowest BCUT2D eigenvalue weighted by Gasteiger charge is -2.34. The van der Waals surface area contributed by atoms with E-state index in [2.05, 4.69) is 11.8 Å².